The molecule has 5 rings (SSSR count). The van der Waals surface area contributed by atoms with E-state index in [1.54, 1.807) is 18.4 Å². The largest absolute Gasteiger partial charge is 0.467 e. The number of hydrogen-bond donors (Lipinski definition) is 0. The number of carbonyl (C=O) groups is 2. The highest BCUT2D eigenvalue weighted by Crippen LogP contribution is 2.49. The predicted octanol–water partition coefficient (Wildman–Crippen LogP) is 4.52. The highest BCUT2D eigenvalue weighted by Gasteiger charge is 2.55. The minimum atomic E-state index is -0.407. The maximum absolute atomic E-state index is 13.5. The first kappa shape index (κ1) is 17.7. The first-order valence-electron chi connectivity index (χ1n) is 9.90. The summed E-state index contributed by atoms with van der Waals surface area (Å²) >= 11 is 0. The van der Waals surface area contributed by atoms with Crippen molar-refractivity contribution in [2.45, 2.75) is 18.4 Å². The second-order valence-corrected chi connectivity index (χ2v) is 7.65. The van der Waals surface area contributed by atoms with Gasteiger partial charge in [-0.15, -0.1) is 0 Å². The fraction of sp³-hybridized carbons (Fsp3) is 0.200. The van der Waals surface area contributed by atoms with Gasteiger partial charge < -0.3 is 4.42 Å². The van der Waals surface area contributed by atoms with E-state index in [1.807, 2.05) is 60.7 Å². The molecule has 0 radical (unpaired) electrons. The van der Waals surface area contributed by atoms with Crippen molar-refractivity contribution < 1.29 is 14.0 Å². The van der Waals surface area contributed by atoms with Gasteiger partial charge in [0.15, 0.2) is 0 Å². The van der Waals surface area contributed by atoms with Gasteiger partial charge in [-0.2, -0.15) is 0 Å². The molecule has 2 amide bonds. The number of nitrogens with zero attached hydrogens (tertiary/aromatic N) is 1. The fourth-order valence-corrected chi connectivity index (χ4v) is 4.71. The molecule has 2 aromatic carbocycles. The number of allylic oxidation sites excluding steroid dienone is 2. The van der Waals surface area contributed by atoms with Crippen LogP contribution >= 0.6 is 0 Å². The number of likely N-dealkylation sites (tertiary alicyclic amines) is 1. The zero-order valence-corrected chi connectivity index (χ0v) is 15.8. The molecular formula is C25H21NO3. The van der Waals surface area contributed by atoms with Crippen molar-refractivity contribution in [1.82, 2.24) is 4.90 Å². The summed E-state index contributed by atoms with van der Waals surface area (Å²) < 4.78 is 5.41. The van der Waals surface area contributed by atoms with Crippen molar-refractivity contribution >= 4 is 11.8 Å². The molecule has 1 saturated heterocycles. The lowest BCUT2D eigenvalue weighted by Gasteiger charge is -2.32. The van der Waals surface area contributed by atoms with Crippen LogP contribution in [0.5, 0.6) is 0 Å². The van der Waals surface area contributed by atoms with E-state index in [0.717, 1.165) is 11.1 Å². The maximum Gasteiger partial charge on any atom is 0.234 e. The van der Waals surface area contributed by atoms with Gasteiger partial charge in [0.1, 0.15) is 5.76 Å². The molecule has 4 nitrogen and oxygen atoms in total. The van der Waals surface area contributed by atoms with Crippen LogP contribution < -0.4 is 0 Å². The molecule has 1 aromatic heterocycles. The Morgan fingerprint density at radius 2 is 1.21 bits per heavy atom. The molecule has 0 N–H and O–H groups in total. The summed E-state index contributed by atoms with van der Waals surface area (Å²) in [6.45, 7) is 0.181. The monoisotopic (exact) mass is 383 g/mol. The molecule has 0 saturated carbocycles. The van der Waals surface area contributed by atoms with Gasteiger partial charge in [-0.25, -0.2) is 0 Å². The quantitative estimate of drug-likeness (QED) is 0.492. The molecule has 1 aliphatic heterocycles. The van der Waals surface area contributed by atoms with E-state index in [-0.39, 0.29) is 30.2 Å². The summed E-state index contributed by atoms with van der Waals surface area (Å²) in [5.74, 6) is -0.652. The number of carbonyl (C=O) groups excluding carboxylic acids is 2. The molecule has 29 heavy (non-hydrogen) atoms. The average Bonchev–Trinajstić information content (AvgIpc) is 3.38. The molecule has 4 atom stereocenters. The van der Waals surface area contributed by atoms with Gasteiger partial charge in [-0.3, -0.25) is 14.5 Å². The van der Waals surface area contributed by atoms with Gasteiger partial charge >= 0.3 is 0 Å². The lowest BCUT2D eigenvalue weighted by Crippen LogP contribution is -2.31. The predicted molar refractivity (Wildman–Crippen MR) is 109 cm³/mol. The Balaban J connectivity index is 1.57. The first-order valence-corrected chi connectivity index (χ1v) is 9.90. The van der Waals surface area contributed by atoms with E-state index in [9.17, 15) is 9.59 Å². The van der Waals surface area contributed by atoms with Crippen LogP contribution in [0.2, 0.25) is 0 Å². The van der Waals surface area contributed by atoms with Crippen LogP contribution in [0.15, 0.2) is 95.6 Å². The molecule has 144 valence electrons. The summed E-state index contributed by atoms with van der Waals surface area (Å²) in [5.41, 5.74) is 2.12. The zero-order chi connectivity index (χ0) is 19.8. The molecule has 1 fully saturated rings. The van der Waals surface area contributed by atoms with Crippen molar-refractivity contribution in [3.05, 3.63) is 108 Å². The van der Waals surface area contributed by atoms with E-state index in [2.05, 4.69) is 12.2 Å². The minimum Gasteiger partial charge on any atom is -0.467 e. The molecule has 4 unspecified atom stereocenters. The summed E-state index contributed by atoms with van der Waals surface area (Å²) in [5, 5.41) is 0. The molecule has 1 aliphatic carbocycles. The van der Waals surface area contributed by atoms with Crippen LogP contribution in [0.25, 0.3) is 0 Å². The van der Waals surface area contributed by atoms with Crippen molar-refractivity contribution in [1.29, 1.82) is 0 Å². The highest BCUT2D eigenvalue weighted by atomic mass is 16.3. The second-order valence-electron chi connectivity index (χ2n) is 7.65. The summed E-state index contributed by atoms with van der Waals surface area (Å²) in [7, 11) is 0. The smallest absolute Gasteiger partial charge is 0.234 e. The Morgan fingerprint density at radius 3 is 1.66 bits per heavy atom. The van der Waals surface area contributed by atoms with Crippen LogP contribution in [0, 0.1) is 11.8 Å². The molecular weight excluding hydrogens is 362 g/mol. The lowest BCUT2D eigenvalue weighted by molar-refractivity contribution is -0.141. The summed E-state index contributed by atoms with van der Waals surface area (Å²) in [6, 6.07) is 23.5. The number of benzene rings is 2. The average molecular weight is 383 g/mol. The zero-order valence-electron chi connectivity index (χ0n) is 15.8. The molecule has 4 heteroatoms. The topological polar surface area (TPSA) is 50.5 Å². The third-order valence-corrected chi connectivity index (χ3v) is 6.05. The number of furan rings is 1. The minimum absolute atomic E-state index is 0.112. The van der Waals surface area contributed by atoms with E-state index in [1.165, 1.54) is 4.90 Å². The van der Waals surface area contributed by atoms with Gasteiger partial charge in [0.25, 0.3) is 0 Å². The maximum atomic E-state index is 13.5. The van der Waals surface area contributed by atoms with E-state index in [0.29, 0.717) is 5.76 Å². The van der Waals surface area contributed by atoms with Crippen LogP contribution in [-0.2, 0) is 16.1 Å². The van der Waals surface area contributed by atoms with Crippen LogP contribution in [0.3, 0.4) is 0 Å². The van der Waals surface area contributed by atoms with E-state index >= 15 is 0 Å². The fourth-order valence-electron chi connectivity index (χ4n) is 4.71. The number of imide groups is 1. The normalized spacial score (nSPS) is 26.0. The van der Waals surface area contributed by atoms with Gasteiger partial charge in [0.2, 0.25) is 11.8 Å². The number of hydrogen-bond acceptors (Lipinski definition) is 3. The summed E-state index contributed by atoms with van der Waals surface area (Å²) in [6.07, 6.45) is 5.78. The van der Waals surface area contributed by atoms with Crippen LogP contribution in [0.1, 0.15) is 28.7 Å². The number of rotatable bonds is 4. The third-order valence-electron chi connectivity index (χ3n) is 6.05. The molecule has 2 heterocycles. The third kappa shape index (κ3) is 3.01. The van der Waals surface area contributed by atoms with Crippen molar-refractivity contribution in [3.8, 4) is 0 Å². The Hall–Kier alpha value is -3.40. The molecule has 0 bridgehead atoms. The van der Waals surface area contributed by atoms with E-state index in [4.69, 9.17) is 4.42 Å². The Labute approximate surface area is 169 Å². The van der Waals surface area contributed by atoms with Gasteiger partial charge in [-0.1, -0.05) is 72.8 Å². The first-order chi connectivity index (χ1) is 14.2. The Morgan fingerprint density at radius 1 is 0.690 bits per heavy atom. The Kier molecular flexibility index (Phi) is 4.39. The van der Waals surface area contributed by atoms with Gasteiger partial charge in [0, 0.05) is 11.8 Å². The second kappa shape index (κ2) is 7.21. The SMILES string of the molecule is O=C1C2C(c3ccccc3)C=CC(c3ccccc3)C2C(=O)N1Cc1ccco1. The van der Waals surface area contributed by atoms with Gasteiger partial charge in [0.05, 0.1) is 24.6 Å². The van der Waals surface area contributed by atoms with E-state index < -0.39 is 11.8 Å². The van der Waals surface area contributed by atoms with Crippen molar-refractivity contribution in [2.24, 2.45) is 11.8 Å². The molecule has 3 aromatic rings. The van der Waals surface area contributed by atoms with Crippen LogP contribution in [-0.4, -0.2) is 16.7 Å². The number of fused-ring (bicyclic) bond motifs is 1. The highest BCUT2D eigenvalue weighted by molar-refractivity contribution is 6.06. The molecule has 0 spiro atoms. The van der Waals surface area contributed by atoms with Crippen molar-refractivity contribution in [2.75, 3.05) is 0 Å². The van der Waals surface area contributed by atoms with Crippen molar-refractivity contribution in [3.63, 3.8) is 0 Å². The lowest BCUT2D eigenvalue weighted by atomic mass is 9.68. The van der Waals surface area contributed by atoms with Gasteiger partial charge in [-0.05, 0) is 23.3 Å². The standard InChI is InChI=1S/C25H21NO3/c27-24-22-20(17-8-3-1-4-9-17)13-14-21(18-10-5-2-6-11-18)23(22)25(28)26(24)16-19-12-7-15-29-19/h1-15,20-23H,16H2. The molecule has 2 aliphatic rings. The Bertz CT molecular complexity index is 973. The summed E-state index contributed by atoms with van der Waals surface area (Å²) in [4.78, 5) is 28.3. The van der Waals surface area contributed by atoms with Crippen LogP contribution in [0.4, 0.5) is 0 Å². The number of amides is 2.